The number of hydrogen-bond acceptors (Lipinski definition) is 1. The van der Waals surface area contributed by atoms with Gasteiger partial charge in [0, 0.05) is 23.4 Å². The minimum atomic E-state index is 0.149. The van der Waals surface area contributed by atoms with Gasteiger partial charge in [-0.1, -0.05) is 60.7 Å². The average Bonchev–Trinajstić information content (AvgIpc) is 3.15. The third kappa shape index (κ3) is 2.22. The number of hydrogen-bond donors (Lipinski definition) is 0. The van der Waals surface area contributed by atoms with Crippen LogP contribution in [0.1, 0.15) is 33.6 Å². The molecule has 0 atom stereocenters. The molecule has 2 nitrogen and oxygen atoms in total. The zero-order valence-corrected chi connectivity index (χ0v) is 13.3. The smallest absolute Gasteiger partial charge is 0.195 e. The fourth-order valence-electron chi connectivity index (χ4n) is 3.72. The number of rotatable bonds is 3. The molecule has 0 spiro atoms. The Balaban J connectivity index is 1.91. The quantitative estimate of drug-likeness (QED) is 0.646. The predicted octanol–water partition coefficient (Wildman–Crippen LogP) is 4.64. The summed E-state index contributed by atoms with van der Waals surface area (Å²) in [5.41, 5.74) is 6.40. The van der Waals surface area contributed by atoms with Gasteiger partial charge in [-0.2, -0.15) is 0 Å². The van der Waals surface area contributed by atoms with E-state index < -0.39 is 0 Å². The molecular weight excluding hydrogens is 282 g/mol. The lowest BCUT2D eigenvalue weighted by Crippen LogP contribution is -2.05. The maximum absolute atomic E-state index is 13.1. The number of benzene rings is 2. The van der Waals surface area contributed by atoms with Gasteiger partial charge in [0.2, 0.25) is 0 Å². The highest BCUT2D eigenvalue weighted by molar-refractivity contribution is 6.11. The fraction of sp³-hybridized carbons (Fsp3) is 0.190. The first-order chi connectivity index (χ1) is 11.3. The van der Waals surface area contributed by atoms with Crippen molar-refractivity contribution in [2.75, 3.05) is 0 Å². The number of carbonyl (C=O) groups is 1. The molecule has 2 heteroatoms. The minimum absolute atomic E-state index is 0.149. The van der Waals surface area contributed by atoms with E-state index in [0.29, 0.717) is 0 Å². The Kier molecular flexibility index (Phi) is 3.38. The van der Waals surface area contributed by atoms with Gasteiger partial charge in [-0.25, -0.2) is 0 Å². The summed E-state index contributed by atoms with van der Waals surface area (Å²) in [4.78, 5) is 13.1. The monoisotopic (exact) mass is 301 g/mol. The summed E-state index contributed by atoms with van der Waals surface area (Å²) >= 11 is 0. The van der Waals surface area contributed by atoms with E-state index in [4.69, 9.17) is 0 Å². The molecule has 0 saturated carbocycles. The van der Waals surface area contributed by atoms with Gasteiger partial charge in [0.15, 0.2) is 5.78 Å². The fourth-order valence-corrected chi connectivity index (χ4v) is 3.72. The summed E-state index contributed by atoms with van der Waals surface area (Å²) in [6, 6.07) is 20.0. The normalized spacial score (nSPS) is 13.1. The molecule has 0 unspecified atom stereocenters. The van der Waals surface area contributed by atoms with Crippen molar-refractivity contribution in [3.8, 4) is 11.3 Å². The van der Waals surface area contributed by atoms with E-state index in [1.54, 1.807) is 0 Å². The van der Waals surface area contributed by atoms with E-state index in [-0.39, 0.29) is 5.78 Å². The standard InChI is InChI=1S/C21H19NO/c1-15-19(21(23)17-11-6-3-7-12-17)18-13-8-14-22(18)20(15)16-9-4-2-5-10-16/h2-7,9-12H,8,13-14H2,1H3. The molecule has 0 amide bonds. The van der Waals surface area contributed by atoms with Crippen molar-refractivity contribution < 1.29 is 4.79 Å². The van der Waals surface area contributed by atoms with Crippen LogP contribution in [0.5, 0.6) is 0 Å². The van der Waals surface area contributed by atoms with Crippen molar-refractivity contribution in [1.82, 2.24) is 4.57 Å². The van der Waals surface area contributed by atoms with Crippen LogP contribution in [0.25, 0.3) is 11.3 Å². The molecule has 0 N–H and O–H groups in total. The summed E-state index contributed by atoms with van der Waals surface area (Å²) in [5, 5.41) is 0. The number of nitrogens with zero attached hydrogens (tertiary/aromatic N) is 1. The van der Waals surface area contributed by atoms with Crippen LogP contribution in [0.2, 0.25) is 0 Å². The molecule has 1 aromatic heterocycles. The van der Waals surface area contributed by atoms with E-state index in [9.17, 15) is 4.79 Å². The maximum atomic E-state index is 13.1. The van der Waals surface area contributed by atoms with Crippen molar-refractivity contribution in [3.63, 3.8) is 0 Å². The molecule has 4 rings (SSSR count). The Hall–Kier alpha value is -2.61. The molecule has 0 bridgehead atoms. The summed E-state index contributed by atoms with van der Waals surface area (Å²) < 4.78 is 2.35. The Morgan fingerprint density at radius 3 is 2.30 bits per heavy atom. The van der Waals surface area contributed by atoms with Gasteiger partial charge in [-0.15, -0.1) is 0 Å². The molecule has 0 aliphatic carbocycles. The maximum Gasteiger partial charge on any atom is 0.195 e. The van der Waals surface area contributed by atoms with Gasteiger partial charge < -0.3 is 4.57 Å². The second-order valence-electron chi connectivity index (χ2n) is 6.11. The van der Waals surface area contributed by atoms with Crippen molar-refractivity contribution in [2.24, 2.45) is 0 Å². The van der Waals surface area contributed by atoms with Crippen molar-refractivity contribution in [2.45, 2.75) is 26.3 Å². The van der Waals surface area contributed by atoms with E-state index in [2.05, 4.69) is 35.8 Å². The summed E-state index contributed by atoms with van der Waals surface area (Å²) in [6.07, 6.45) is 2.10. The molecule has 3 aromatic rings. The summed E-state index contributed by atoms with van der Waals surface area (Å²) in [6.45, 7) is 3.09. The van der Waals surface area contributed by atoms with Crippen LogP contribution in [-0.2, 0) is 13.0 Å². The predicted molar refractivity (Wildman–Crippen MR) is 92.8 cm³/mol. The summed E-state index contributed by atoms with van der Waals surface area (Å²) in [5.74, 6) is 0.149. The lowest BCUT2D eigenvalue weighted by molar-refractivity contribution is 0.103. The van der Waals surface area contributed by atoms with E-state index in [1.807, 2.05) is 36.4 Å². The number of aromatic nitrogens is 1. The molecule has 0 saturated heterocycles. The van der Waals surface area contributed by atoms with Gasteiger partial charge in [0.1, 0.15) is 0 Å². The average molecular weight is 301 g/mol. The van der Waals surface area contributed by atoms with Gasteiger partial charge in [0.05, 0.1) is 5.69 Å². The largest absolute Gasteiger partial charge is 0.344 e. The number of carbonyl (C=O) groups excluding carboxylic acids is 1. The van der Waals surface area contributed by atoms with Gasteiger partial charge in [-0.3, -0.25) is 4.79 Å². The molecule has 2 heterocycles. The van der Waals surface area contributed by atoms with Crippen LogP contribution in [-0.4, -0.2) is 10.4 Å². The Labute approximate surface area is 136 Å². The molecule has 2 aromatic carbocycles. The van der Waals surface area contributed by atoms with Crippen LogP contribution < -0.4 is 0 Å². The molecule has 0 radical (unpaired) electrons. The molecule has 1 aliphatic rings. The highest BCUT2D eigenvalue weighted by Gasteiger charge is 2.28. The second kappa shape index (κ2) is 5.54. The highest BCUT2D eigenvalue weighted by Crippen LogP contribution is 2.36. The van der Waals surface area contributed by atoms with Crippen molar-refractivity contribution in [1.29, 1.82) is 0 Å². The van der Waals surface area contributed by atoms with Crippen LogP contribution in [0.4, 0.5) is 0 Å². The Morgan fingerprint density at radius 1 is 0.957 bits per heavy atom. The first-order valence-electron chi connectivity index (χ1n) is 8.14. The Bertz CT molecular complexity index is 860. The molecule has 1 aliphatic heterocycles. The zero-order chi connectivity index (χ0) is 15.8. The van der Waals surface area contributed by atoms with Crippen molar-refractivity contribution >= 4 is 5.78 Å². The minimum Gasteiger partial charge on any atom is -0.344 e. The van der Waals surface area contributed by atoms with Crippen LogP contribution in [0, 0.1) is 6.92 Å². The molecule has 23 heavy (non-hydrogen) atoms. The second-order valence-corrected chi connectivity index (χ2v) is 6.11. The van der Waals surface area contributed by atoms with Crippen molar-refractivity contribution in [3.05, 3.63) is 83.0 Å². The number of fused-ring (bicyclic) bond motifs is 1. The van der Waals surface area contributed by atoms with E-state index in [1.165, 1.54) is 17.0 Å². The molecule has 114 valence electrons. The van der Waals surface area contributed by atoms with Crippen LogP contribution >= 0.6 is 0 Å². The lowest BCUT2D eigenvalue weighted by Gasteiger charge is -2.07. The third-order valence-electron chi connectivity index (χ3n) is 4.72. The number of ketones is 1. The highest BCUT2D eigenvalue weighted by atomic mass is 16.1. The molecule has 0 fully saturated rings. The van der Waals surface area contributed by atoms with Crippen LogP contribution in [0.15, 0.2) is 60.7 Å². The van der Waals surface area contributed by atoms with E-state index >= 15 is 0 Å². The first kappa shape index (κ1) is 14.0. The van der Waals surface area contributed by atoms with Gasteiger partial charge >= 0.3 is 0 Å². The van der Waals surface area contributed by atoms with Crippen LogP contribution in [0.3, 0.4) is 0 Å². The van der Waals surface area contributed by atoms with Gasteiger partial charge in [-0.05, 0) is 30.9 Å². The van der Waals surface area contributed by atoms with E-state index in [0.717, 1.165) is 36.1 Å². The molecular formula is C21H19NO. The summed E-state index contributed by atoms with van der Waals surface area (Å²) in [7, 11) is 0. The first-order valence-corrected chi connectivity index (χ1v) is 8.14. The SMILES string of the molecule is Cc1c(C(=O)c2ccccc2)c2n(c1-c1ccccc1)CCC2. The topological polar surface area (TPSA) is 22.0 Å². The Morgan fingerprint density at radius 2 is 1.61 bits per heavy atom. The zero-order valence-electron chi connectivity index (χ0n) is 13.3. The van der Waals surface area contributed by atoms with Gasteiger partial charge in [0.25, 0.3) is 0 Å². The lowest BCUT2D eigenvalue weighted by atomic mass is 9.96. The third-order valence-corrected chi connectivity index (χ3v) is 4.72.